The third-order valence-corrected chi connectivity index (χ3v) is 3.69. The SMILES string of the molecule is COCCNCC(=O)N(C)C1CCC(C)CC1.Cl. The van der Waals surface area contributed by atoms with Gasteiger partial charge in [-0.05, 0) is 31.6 Å². The molecule has 0 aromatic heterocycles. The quantitative estimate of drug-likeness (QED) is 0.752. The molecule has 0 saturated heterocycles. The maximum atomic E-state index is 11.9. The van der Waals surface area contributed by atoms with E-state index in [4.69, 9.17) is 4.74 Å². The Bertz CT molecular complexity index is 231. The first kappa shape index (κ1) is 17.7. The second-order valence-corrected chi connectivity index (χ2v) is 5.09. The minimum atomic E-state index is 0. The molecule has 108 valence electrons. The van der Waals surface area contributed by atoms with Gasteiger partial charge in [0.25, 0.3) is 0 Å². The first-order valence-corrected chi connectivity index (χ1v) is 6.60. The van der Waals surface area contributed by atoms with Crippen LogP contribution in [0.15, 0.2) is 0 Å². The maximum Gasteiger partial charge on any atom is 0.236 e. The molecule has 1 N–H and O–H groups in total. The van der Waals surface area contributed by atoms with Crippen molar-refractivity contribution in [2.24, 2.45) is 5.92 Å². The van der Waals surface area contributed by atoms with E-state index >= 15 is 0 Å². The predicted molar refractivity (Wildman–Crippen MR) is 76.2 cm³/mol. The first-order valence-electron chi connectivity index (χ1n) is 6.60. The highest BCUT2D eigenvalue weighted by Gasteiger charge is 2.24. The molecule has 0 bridgehead atoms. The third kappa shape index (κ3) is 6.03. The summed E-state index contributed by atoms with van der Waals surface area (Å²) in [5.41, 5.74) is 0. The van der Waals surface area contributed by atoms with Crippen LogP contribution in [0.4, 0.5) is 0 Å². The van der Waals surface area contributed by atoms with Crippen LogP contribution in [-0.4, -0.2) is 50.7 Å². The molecule has 18 heavy (non-hydrogen) atoms. The van der Waals surface area contributed by atoms with Crippen molar-refractivity contribution in [1.82, 2.24) is 10.2 Å². The Morgan fingerprint density at radius 2 is 1.94 bits per heavy atom. The maximum absolute atomic E-state index is 11.9. The topological polar surface area (TPSA) is 41.6 Å². The van der Waals surface area contributed by atoms with Crippen LogP contribution in [-0.2, 0) is 9.53 Å². The number of amides is 1. The Balaban J connectivity index is 0.00000289. The van der Waals surface area contributed by atoms with E-state index in [1.54, 1.807) is 7.11 Å². The summed E-state index contributed by atoms with van der Waals surface area (Å²) < 4.78 is 4.92. The average molecular weight is 279 g/mol. The van der Waals surface area contributed by atoms with E-state index in [1.165, 1.54) is 12.8 Å². The molecule has 1 rings (SSSR count). The van der Waals surface area contributed by atoms with E-state index in [9.17, 15) is 4.79 Å². The molecular weight excluding hydrogens is 252 g/mol. The molecule has 1 aliphatic carbocycles. The molecule has 1 aliphatic rings. The van der Waals surface area contributed by atoms with Gasteiger partial charge in [0.05, 0.1) is 13.2 Å². The van der Waals surface area contributed by atoms with Crippen LogP contribution in [0.5, 0.6) is 0 Å². The number of nitrogens with zero attached hydrogens (tertiary/aromatic N) is 1. The van der Waals surface area contributed by atoms with Crippen molar-refractivity contribution >= 4 is 18.3 Å². The summed E-state index contributed by atoms with van der Waals surface area (Å²) in [5.74, 6) is 1.02. The number of carbonyl (C=O) groups is 1. The van der Waals surface area contributed by atoms with E-state index in [1.807, 2.05) is 11.9 Å². The van der Waals surface area contributed by atoms with Crippen molar-refractivity contribution in [2.45, 2.75) is 38.6 Å². The first-order chi connectivity index (χ1) is 8.15. The van der Waals surface area contributed by atoms with Gasteiger partial charge in [0, 0.05) is 26.7 Å². The smallest absolute Gasteiger partial charge is 0.236 e. The summed E-state index contributed by atoms with van der Waals surface area (Å²) >= 11 is 0. The average Bonchev–Trinajstić information content (AvgIpc) is 2.34. The molecule has 0 aromatic carbocycles. The number of rotatable bonds is 6. The van der Waals surface area contributed by atoms with Gasteiger partial charge in [-0.3, -0.25) is 4.79 Å². The van der Waals surface area contributed by atoms with Crippen molar-refractivity contribution in [1.29, 1.82) is 0 Å². The normalized spacial score (nSPS) is 23.3. The van der Waals surface area contributed by atoms with Gasteiger partial charge < -0.3 is 15.0 Å². The molecule has 0 radical (unpaired) electrons. The predicted octanol–water partition coefficient (Wildman–Crippen LogP) is 1.68. The fourth-order valence-electron chi connectivity index (χ4n) is 2.33. The van der Waals surface area contributed by atoms with Gasteiger partial charge in [-0.25, -0.2) is 0 Å². The van der Waals surface area contributed by atoms with Crippen molar-refractivity contribution in [3.63, 3.8) is 0 Å². The Labute approximate surface area is 117 Å². The number of nitrogens with one attached hydrogen (secondary N) is 1. The molecule has 1 amide bonds. The summed E-state index contributed by atoms with van der Waals surface area (Å²) in [6.45, 7) is 4.10. The van der Waals surface area contributed by atoms with Crippen LogP contribution in [0.3, 0.4) is 0 Å². The number of likely N-dealkylation sites (N-methyl/N-ethyl adjacent to an activating group) is 1. The highest BCUT2D eigenvalue weighted by atomic mass is 35.5. The van der Waals surface area contributed by atoms with Crippen molar-refractivity contribution in [2.75, 3.05) is 33.9 Å². The molecular formula is C13H27ClN2O2. The zero-order valence-electron chi connectivity index (χ0n) is 11.8. The lowest BCUT2D eigenvalue weighted by atomic mass is 9.87. The number of halogens is 1. The zero-order chi connectivity index (χ0) is 12.7. The Kier molecular flexibility index (Phi) is 9.42. The fourth-order valence-corrected chi connectivity index (χ4v) is 2.33. The molecule has 1 fully saturated rings. The van der Waals surface area contributed by atoms with Gasteiger partial charge in [-0.2, -0.15) is 0 Å². The van der Waals surface area contributed by atoms with Crippen LogP contribution in [0, 0.1) is 5.92 Å². The number of hydrogen-bond donors (Lipinski definition) is 1. The zero-order valence-corrected chi connectivity index (χ0v) is 12.6. The van der Waals surface area contributed by atoms with Crippen molar-refractivity contribution in [3.8, 4) is 0 Å². The summed E-state index contributed by atoms with van der Waals surface area (Å²) in [4.78, 5) is 13.8. The van der Waals surface area contributed by atoms with E-state index in [0.29, 0.717) is 19.2 Å². The Morgan fingerprint density at radius 3 is 2.50 bits per heavy atom. The molecule has 0 aliphatic heterocycles. The minimum Gasteiger partial charge on any atom is -0.383 e. The summed E-state index contributed by atoms with van der Waals surface area (Å²) in [5, 5.41) is 3.10. The molecule has 0 spiro atoms. The van der Waals surface area contributed by atoms with Crippen LogP contribution in [0.1, 0.15) is 32.6 Å². The van der Waals surface area contributed by atoms with Crippen molar-refractivity contribution < 1.29 is 9.53 Å². The van der Waals surface area contributed by atoms with Gasteiger partial charge in [0.2, 0.25) is 5.91 Å². The van der Waals surface area contributed by atoms with Crippen molar-refractivity contribution in [3.05, 3.63) is 0 Å². The van der Waals surface area contributed by atoms with Gasteiger partial charge in [-0.1, -0.05) is 6.92 Å². The van der Waals surface area contributed by atoms with E-state index in [2.05, 4.69) is 12.2 Å². The van der Waals surface area contributed by atoms with E-state index in [-0.39, 0.29) is 18.3 Å². The summed E-state index contributed by atoms with van der Waals surface area (Å²) in [6, 6.07) is 0.447. The number of carbonyl (C=O) groups excluding carboxylic acids is 1. The van der Waals surface area contributed by atoms with Crippen LogP contribution < -0.4 is 5.32 Å². The molecule has 5 heteroatoms. The lowest BCUT2D eigenvalue weighted by molar-refractivity contribution is -0.131. The number of hydrogen-bond acceptors (Lipinski definition) is 3. The molecule has 0 aromatic rings. The highest BCUT2D eigenvalue weighted by Crippen LogP contribution is 2.26. The lowest BCUT2D eigenvalue weighted by Gasteiger charge is -2.33. The minimum absolute atomic E-state index is 0. The Morgan fingerprint density at radius 1 is 1.33 bits per heavy atom. The number of ether oxygens (including phenoxy) is 1. The lowest BCUT2D eigenvalue weighted by Crippen LogP contribution is -2.43. The van der Waals surface area contributed by atoms with Crippen LogP contribution >= 0.6 is 12.4 Å². The third-order valence-electron chi connectivity index (χ3n) is 3.69. The largest absolute Gasteiger partial charge is 0.383 e. The summed E-state index contributed by atoms with van der Waals surface area (Å²) in [7, 11) is 3.60. The number of methoxy groups -OCH3 is 1. The van der Waals surface area contributed by atoms with Gasteiger partial charge in [0.15, 0.2) is 0 Å². The van der Waals surface area contributed by atoms with Crippen LogP contribution in [0.2, 0.25) is 0 Å². The van der Waals surface area contributed by atoms with Gasteiger partial charge >= 0.3 is 0 Å². The van der Waals surface area contributed by atoms with E-state index in [0.717, 1.165) is 25.3 Å². The Hall–Kier alpha value is -0.320. The van der Waals surface area contributed by atoms with Gasteiger partial charge in [0.1, 0.15) is 0 Å². The molecule has 0 atom stereocenters. The van der Waals surface area contributed by atoms with Gasteiger partial charge in [-0.15, -0.1) is 12.4 Å². The monoisotopic (exact) mass is 278 g/mol. The molecule has 1 saturated carbocycles. The molecule has 4 nitrogen and oxygen atoms in total. The highest BCUT2D eigenvalue weighted by molar-refractivity contribution is 5.85. The standard InChI is InChI=1S/C13H26N2O2.ClH/c1-11-4-6-12(7-5-11)15(2)13(16)10-14-8-9-17-3;/h11-12,14H,4-10H2,1-3H3;1H. The fraction of sp³-hybridized carbons (Fsp3) is 0.923. The second-order valence-electron chi connectivity index (χ2n) is 5.09. The second kappa shape index (κ2) is 9.59. The molecule has 0 unspecified atom stereocenters. The van der Waals surface area contributed by atoms with Crippen LogP contribution in [0.25, 0.3) is 0 Å². The summed E-state index contributed by atoms with van der Waals surface area (Å²) in [6.07, 6.45) is 4.81. The van der Waals surface area contributed by atoms with E-state index < -0.39 is 0 Å². The molecule has 0 heterocycles.